The van der Waals surface area contributed by atoms with E-state index in [-0.39, 0.29) is 10.6 Å². The largest absolute Gasteiger partial charge is 0.481 e. The summed E-state index contributed by atoms with van der Waals surface area (Å²) in [6.45, 7) is 2.60. The van der Waals surface area contributed by atoms with Crippen LogP contribution in [0.15, 0.2) is 28.0 Å². The van der Waals surface area contributed by atoms with E-state index in [1.54, 1.807) is 0 Å². The van der Waals surface area contributed by atoms with E-state index in [0.717, 1.165) is 24.6 Å². The van der Waals surface area contributed by atoms with Gasteiger partial charge in [-0.15, -0.1) is 11.8 Å². The van der Waals surface area contributed by atoms with Crippen molar-refractivity contribution in [3.8, 4) is 0 Å². The first-order valence-corrected chi connectivity index (χ1v) is 10.6. The molecule has 1 aromatic rings. The molecule has 144 valence electrons. The molecule has 8 nitrogen and oxygen atoms in total. The summed E-state index contributed by atoms with van der Waals surface area (Å²) >= 11 is 0.999. The molecule has 1 fully saturated rings. The molecule has 26 heavy (non-hydrogen) atoms. The van der Waals surface area contributed by atoms with Crippen LogP contribution in [0.5, 0.6) is 0 Å². The molecule has 1 aliphatic heterocycles. The van der Waals surface area contributed by atoms with Crippen LogP contribution in [0.1, 0.15) is 19.8 Å². The SMILES string of the molecule is CC1CCN(S(=O)(=O)c2ccc(SCC(=O)O)c(NCC(=O)O)c2)CC1. The Bertz CT molecular complexity index is 773. The van der Waals surface area contributed by atoms with Gasteiger partial charge in [-0.2, -0.15) is 4.31 Å². The van der Waals surface area contributed by atoms with Crippen LogP contribution >= 0.6 is 11.8 Å². The summed E-state index contributed by atoms with van der Waals surface area (Å²) in [6.07, 6.45) is 1.60. The molecule has 0 aliphatic carbocycles. The number of carboxylic acids is 2. The van der Waals surface area contributed by atoms with Crippen molar-refractivity contribution in [1.82, 2.24) is 4.31 Å². The Balaban J connectivity index is 2.28. The maximum absolute atomic E-state index is 12.8. The molecule has 0 atom stereocenters. The lowest BCUT2D eigenvalue weighted by Crippen LogP contribution is -2.37. The third kappa shape index (κ3) is 5.36. The van der Waals surface area contributed by atoms with Crippen molar-refractivity contribution in [2.24, 2.45) is 5.92 Å². The van der Waals surface area contributed by atoms with Crippen LogP contribution in [0.25, 0.3) is 0 Å². The lowest BCUT2D eigenvalue weighted by Gasteiger charge is -2.29. The number of hydrogen-bond donors (Lipinski definition) is 3. The summed E-state index contributed by atoms with van der Waals surface area (Å²) in [5, 5.41) is 20.3. The van der Waals surface area contributed by atoms with Crippen LogP contribution in [0.2, 0.25) is 0 Å². The van der Waals surface area contributed by atoms with Gasteiger partial charge in [0.25, 0.3) is 0 Å². The van der Waals surface area contributed by atoms with Gasteiger partial charge in [0.05, 0.1) is 10.6 Å². The van der Waals surface area contributed by atoms with E-state index in [1.807, 2.05) is 0 Å². The molecule has 1 heterocycles. The molecule has 1 saturated heterocycles. The molecule has 2 rings (SSSR count). The first-order valence-electron chi connectivity index (χ1n) is 8.14. The zero-order valence-corrected chi connectivity index (χ0v) is 16.0. The van der Waals surface area contributed by atoms with E-state index in [9.17, 15) is 18.0 Å². The van der Waals surface area contributed by atoms with Crippen LogP contribution in [0.4, 0.5) is 5.69 Å². The van der Waals surface area contributed by atoms with E-state index in [1.165, 1.54) is 22.5 Å². The minimum atomic E-state index is -3.67. The predicted molar refractivity (Wildman–Crippen MR) is 98.1 cm³/mol. The highest BCUT2D eigenvalue weighted by Gasteiger charge is 2.28. The van der Waals surface area contributed by atoms with Gasteiger partial charge < -0.3 is 15.5 Å². The maximum atomic E-state index is 12.8. The summed E-state index contributed by atoms with van der Waals surface area (Å²) in [4.78, 5) is 22.1. The fourth-order valence-corrected chi connectivity index (χ4v) is 4.84. The molecule has 0 unspecified atom stereocenters. The molecule has 0 aromatic heterocycles. The average Bonchev–Trinajstić information content (AvgIpc) is 2.58. The van der Waals surface area contributed by atoms with Crippen LogP contribution in [0.3, 0.4) is 0 Å². The molecule has 10 heteroatoms. The highest BCUT2D eigenvalue weighted by molar-refractivity contribution is 8.00. The van der Waals surface area contributed by atoms with Gasteiger partial charge in [-0.05, 0) is 37.0 Å². The van der Waals surface area contributed by atoms with Crippen molar-refractivity contribution < 1.29 is 28.2 Å². The number of hydrogen-bond acceptors (Lipinski definition) is 6. The van der Waals surface area contributed by atoms with Gasteiger partial charge in [-0.25, -0.2) is 8.42 Å². The van der Waals surface area contributed by atoms with E-state index in [2.05, 4.69) is 12.2 Å². The van der Waals surface area contributed by atoms with Crippen LogP contribution in [-0.4, -0.2) is 60.3 Å². The molecule has 3 N–H and O–H groups in total. The van der Waals surface area contributed by atoms with Crippen LogP contribution < -0.4 is 5.32 Å². The van der Waals surface area contributed by atoms with Crippen LogP contribution in [0, 0.1) is 5.92 Å². The first-order chi connectivity index (χ1) is 12.2. The number of rotatable bonds is 8. The lowest BCUT2D eigenvalue weighted by molar-refractivity contribution is -0.135. The van der Waals surface area contributed by atoms with Crippen molar-refractivity contribution >= 4 is 39.4 Å². The van der Waals surface area contributed by atoms with E-state index < -0.39 is 28.5 Å². The van der Waals surface area contributed by atoms with Gasteiger partial charge in [-0.3, -0.25) is 9.59 Å². The summed E-state index contributed by atoms with van der Waals surface area (Å²) in [6, 6.07) is 4.32. The Morgan fingerprint density at radius 3 is 2.46 bits per heavy atom. The van der Waals surface area contributed by atoms with Gasteiger partial charge in [0.15, 0.2) is 0 Å². The number of piperidine rings is 1. The number of anilines is 1. The summed E-state index contributed by atoms with van der Waals surface area (Å²) in [5.41, 5.74) is 0.296. The fourth-order valence-electron chi connectivity index (χ4n) is 2.62. The Morgan fingerprint density at radius 1 is 1.23 bits per heavy atom. The van der Waals surface area contributed by atoms with Crippen molar-refractivity contribution in [2.75, 3.05) is 30.7 Å². The zero-order chi connectivity index (χ0) is 19.3. The van der Waals surface area contributed by atoms with Crippen LogP contribution in [-0.2, 0) is 19.6 Å². The zero-order valence-electron chi connectivity index (χ0n) is 14.3. The Morgan fingerprint density at radius 2 is 1.88 bits per heavy atom. The molecule has 1 aliphatic rings. The number of carbonyl (C=O) groups is 2. The van der Waals surface area contributed by atoms with Gasteiger partial charge >= 0.3 is 11.9 Å². The molecule has 0 bridgehead atoms. The Kier molecular flexibility index (Phi) is 6.90. The number of nitrogens with zero attached hydrogens (tertiary/aromatic N) is 1. The Hall–Kier alpha value is -1.78. The number of benzene rings is 1. The molecule has 0 saturated carbocycles. The monoisotopic (exact) mass is 402 g/mol. The number of nitrogens with one attached hydrogen (secondary N) is 1. The minimum Gasteiger partial charge on any atom is -0.481 e. The maximum Gasteiger partial charge on any atom is 0.322 e. The lowest BCUT2D eigenvalue weighted by atomic mass is 10.0. The standard InChI is InChI=1S/C16H22N2O6S2/c1-11-4-6-18(7-5-11)26(23,24)12-2-3-14(25-10-16(21)22)13(8-12)17-9-15(19)20/h2-3,8,11,17H,4-7,9-10H2,1H3,(H,19,20)(H,21,22). The second-order valence-electron chi connectivity index (χ2n) is 6.17. The molecular weight excluding hydrogens is 380 g/mol. The number of carboxylic acid groups (broad SMARTS) is 2. The normalized spacial score (nSPS) is 16.3. The second-order valence-corrected chi connectivity index (χ2v) is 9.13. The van der Waals surface area contributed by atoms with Gasteiger partial charge in [-0.1, -0.05) is 6.92 Å². The number of thioether (sulfide) groups is 1. The quantitative estimate of drug-likeness (QED) is 0.562. The number of aliphatic carboxylic acids is 2. The molecule has 1 aromatic carbocycles. The topological polar surface area (TPSA) is 124 Å². The summed E-state index contributed by atoms with van der Waals surface area (Å²) in [5.74, 6) is -1.84. The molecule has 0 spiro atoms. The highest BCUT2D eigenvalue weighted by atomic mass is 32.2. The van der Waals surface area contributed by atoms with E-state index in [4.69, 9.17) is 10.2 Å². The molecule has 0 amide bonds. The van der Waals surface area contributed by atoms with Gasteiger partial charge in [0.1, 0.15) is 6.54 Å². The van der Waals surface area contributed by atoms with Crippen molar-refractivity contribution in [2.45, 2.75) is 29.6 Å². The van der Waals surface area contributed by atoms with Gasteiger partial charge in [0.2, 0.25) is 10.0 Å². The van der Waals surface area contributed by atoms with Crippen molar-refractivity contribution in [1.29, 1.82) is 0 Å². The Labute approximate surface area is 156 Å². The van der Waals surface area contributed by atoms with Gasteiger partial charge in [0, 0.05) is 23.7 Å². The van der Waals surface area contributed by atoms with E-state index in [0.29, 0.717) is 29.6 Å². The number of sulfonamides is 1. The third-order valence-electron chi connectivity index (χ3n) is 4.11. The van der Waals surface area contributed by atoms with E-state index >= 15 is 0 Å². The molecule has 0 radical (unpaired) electrons. The fraction of sp³-hybridized carbons (Fsp3) is 0.500. The third-order valence-corrected chi connectivity index (χ3v) is 7.07. The van der Waals surface area contributed by atoms with Crippen molar-refractivity contribution in [3.05, 3.63) is 18.2 Å². The minimum absolute atomic E-state index is 0.0691. The molecular formula is C16H22N2O6S2. The smallest absolute Gasteiger partial charge is 0.322 e. The summed E-state index contributed by atoms with van der Waals surface area (Å²) in [7, 11) is -3.67. The first kappa shape index (κ1) is 20.5. The summed E-state index contributed by atoms with van der Waals surface area (Å²) < 4.78 is 27.1. The average molecular weight is 402 g/mol. The second kappa shape index (κ2) is 8.74. The van der Waals surface area contributed by atoms with Crippen molar-refractivity contribution in [3.63, 3.8) is 0 Å². The highest BCUT2D eigenvalue weighted by Crippen LogP contribution is 2.31. The predicted octanol–water partition coefficient (Wildman–Crippen LogP) is 1.78.